The van der Waals surface area contributed by atoms with Gasteiger partial charge in [-0.05, 0) is 38.7 Å². The second-order valence-corrected chi connectivity index (χ2v) is 7.28. The molecule has 0 aromatic heterocycles. The number of nitrogens with one attached hydrogen (secondary N) is 1. The Morgan fingerprint density at radius 2 is 1.83 bits per heavy atom. The van der Waals surface area contributed by atoms with Crippen molar-refractivity contribution in [1.82, 2.24) is 10.2 Å². The molecule has 1 aliphatic carbocycles. The van der Waals surface area contributed by atoms with Crippen molar-refractivity contribution in [1.29, 1.82) is 0 Å². The molecule has 2 aliphatic rings. The van der Waals surface area contributed by atoms with Gasteiger partial charge in [-0.25, -0.2) is 8.78 Å². The molecule has 2 N–H and O–H groups in total. The molecule has 1 aliphatic heterocycles. The normalized spacial score (nSPS) is 28.0. The lowest BCUT2D eigenvalue weighted by Gasteiger charge is -2.42. The standard InChI is InChI=1S/C19H28F2N2O/c1-13(16-7-6-14(20)12-17(16)21)22-15-8-10-23(11-9-15)18-4-2-3-5-19(18)24/h6-7,12-13,15,18-19,22,24H,2-5,8-11H2,1H3. The lowest BCUT2D eigenvalue weighted by Crippen LogP contribution is -2.51. The fourth-order valence-electron chi connectivity index (χ4n) is 4.21. The van der Waals surface area contributed by atoms with Gasteiger partial charge in [-0.15, -0.1) is 0 Å². The molecule has 5 heteroatoms. The van der Waals surface area contributed by atoms with E-state index in [4.69, 9.17) is 0 Å². The molecule has 0 radical (unpaired) electrons. The van der Waals surface area contributed by atoms with Crippen LogP contribution >= 0.6 is 0 Å². The molecular formula is C19H28F2N2O. The largest absolute Gasteiger partial charge is 0.391 e. The molecule has 0 spiro atoms. The minimum Gasteiger partial charge on any atom is -0.391 e. The van der Waals surface area contributed by atoms with E-state index in [0.717, 1.165) is 51.3 Å². The summed E-state index contributed by atoms with van der Waals surface area (Å²) >= 11 is 0. The first-order valence-electron chi connectivity index (χ1n) is 9.17. The average molecular weight is 338 g/mol. The number of aliphatic hydroxyl groups is 1. The van der Waals surface area contributed by atoms with E-state index in [1.165, 1.54) is 18.6 Å². The highest BCUT2D eigenvalue weighted by molar-refractivity contribution is 5.21. The predicted molar refractivity (Wildman–Crippen MR) is 90.8 cm³/mol. The maximum absolute atomic E-state index is 13.9. The fraction of sp³-hybridized carbons (Fsp3) is 0.684. The van der Waals surface area contributed by atoms with E-state index in [-0.39, 0.29) is 12.1 Å². The second-order valence-electron chi connectivity index (χ2n) is 7.28. The smallest absolute Gasteiger partial charge is 0.130 e. The van der Waals surface area contributed by atoms with E-state index in [0.29, 0.717) is 17.6 Å². The zero-order chi connectivity index (χ0) is 17.1. The molecule has 1 aromatic carbocycles. The summed E-state index contributed by atoms with van der Waals surface area (Å²) in [5, 5.41) is 13.7. The second kappa shape index (κ2) is 7.89. The number of hydrogen-bond acceptors (Lipinski definition) is 3. The highest BCUT2D eigenvalue weighted by Gasteiger charge is 2.31. The zero-order valence-corrected chi connectivity index (χ0v) is 14.3. The van der Waals surface area contributed by atoms with E-state index in [9.17, 15) is 13.9 Å². The van der Waals surface area contributed by atoms with Crippen molar-refractivity contribution in [2.45, 2.75) is 69.7 Å². The van der Waals surface area contributed by atoms with Crippen LogP contribution in [0.2, 0.25) is 0 Å². The van der Waals surface area contributed by atoms with Gasteiger partial charge in [0.2, 0.25) is 0 Å². The Morgan fingerprint density at radius 3 is 2.50 bits per heavy atom. The van der Waals surface area contributed by atoms with Crippen molar-refractivity contribution in [2.24, 2.45) is 0 Å². The van der Waals surface area contributed by atoms with Gasteiger partial charge in [-0.1, -0.05) is 18.9 Å². The topological polar surface area (TPSA) is 35.5 Å². The summed E-state index contributed by atoms with van der Waals surface area (Å²) in [6.45, 7) is 3.86. The van der Waals surface area contributed by atoms with Gasteiger partial charge in [-0.3, -0.25) is 4.90 Å². The van der Waals surface area contributed by atoms with Crippen LogP contribution in [0.4, 0.5) is 8.78 Å². The van der Waals surface area contributed by atoms with Crippen molar-refractivity contribution in [3.63, 3.8) is 0 Å². The summed E-state index contributed by atoms with van der Waals surface area (Å²) in [7, 11) is 0. The van der Waals surface area contributed by atoms with Crippen molar-refractivity contribution in [3.05, 3.63) is 35.4 Å². The first-order chi connectivity index (χ1) is 11.5. The van der Waals surface area contributed by atoms with Crippen molar-refractivity contribution < 1.29 is 13.9 Å². The highest BCUT2D eigenvalue weighted by atomic mass is 19.1. The van der Waals surface area contributed by atoms with Crippen LogP contribution in [0.25, 0.3) is 0 Å². The third-order valence-electron chi connectivity index (χ3n) is 5.61. The quantitative estimate of drug-likeness (QED) is 0.883. The Hall–Kier alpha value is -1.04. The Labute approximate surface area is 143 Å². The molecule has 134 valence electrons. The van der Waals surface area contributed by atoms with Gasteiger partial charge in [0, 0.05) is 42.8 Å². The summed E-state index contributed by atoms with van der Waals surface area (Å²) in [5.74, 6) is -1.03. The van der Waals surface area contributed by atoms with Crippen LogP contribution in [0.15, 0.2) is 18.2 Å². The number of hydrogen-bond donors (Lipinski definition) is 2. The molecule has 3 unspecified atom stereocenters. The molecule has 3 nitrogen and oxygen atoms in total. The number of rotatable bonds is 4. The van der Waals surface area contributed by atoms with E-state index in [2.05, 4.69) is 10.2 Å². The lowest BCUT2D eigenvalue weighted by molar-refractivity contribution is 0.00668. The molecule has 2 fully saturated rings. The number of aliphatic hydroxyl groups excluding tert-OH is 1. The van der Waals surface area contributed by atoms with Gasteiger partial charge in [0.1, 0.15) is 11.6 Å². The van der Waals surface area contributed by atoms with Crippen LogP contribution in [0.3, 0.4) is 0 Å². The monoisotopic (exact) mass is 338 g/mol. The van der Waals surface area contributed by atoms with E-state index in [1.807, 2.05) is 6.92 Å². The Morgan fingerprint density at radius 1 is 1.12 bits per heavy atom. The van der Waals surface area contributed by atoms with Gasteiger partial charge in [0.25, 0.3) is 0 Å². The van der Waals surface area contributed by atoms with Crippen LogP contribution in [0, 0.1) is 11.6 Å². The number of nitrogens with zero attached hydrogens (tertiary/aromatic N) is 1. The summed E-state index contributed by atoms with van der Waals surface area (Å²) in [6, 6.07) is 4.29. The first kappa shape index (κ1) is 17.8. The highest BCUT2D eigenvalue weighted by Crippen LogP contribution is 2.27. The molecule has 3 rings (SSSR count). The van der Waals surface area contributed by atoms with Gasteiger partial charge < -0.3 is 10.4 Å². The molecule has 1 aromatic rings. The molecule has 1 saturated heterocycles. The maximum atomic E-state index is 13.9. The van der Waals surface area contributed by atoms with Gasteiger partial charge in [-0.2, -0.15) is 0 Å². The third-order valence-corrected chi connectivity index (χ3v) is 5.61. The van der Waals surface area contributed by atoms with Crippen molar-refractivity contribution in [3.8, 4) is 0 Å². The summed E-state index contributed by atoms with van der Waals surface area (Å²) < 4.78 is 26.9. The van der Waals surface area contributed by atoms with Crippen molar-refractivity contribution in [2.75, 3.05) is 13.1 Å². The van der Waals surface area contributed by atoms with Gasteiger partial charge in [0.15, 0.2) is 0 Å². The molecule has 24 heavy (non-hydrogen) atoms. The van der Waals surface area contributed by atoms with Crippen LogP contribution < -0.4 is 5.32 Å². The van der Waals surface area contributed by atoms with Crippen molar-refractivity contribution >= 4 is 0 Å². The zero-order valence-electron chi connectivity index (χ0n) is 14.3. The van der Waals surface area contributed by atoms with Crippen LogP contribution in [0.1, 0.15) is 57.1 Å². The summed E-state index contributed by atoms with van der Waals surface area (Å²) in [6.07, 6.45) is 6.17. The van der Waals surface area contributed by atoms with Crippen LogP contribution in [-0.4, -0.2) is 41.3 Å². The fourth-order valence-corrected chi connectivity index (χ4v) is 4.21. The van der Waals surface area contributed by atoms with E-state index in [1.54, 1.807) is 0 Å². The number of likely N-dealkylation sites (tertiary alicyclic amines) is 1. The number of piperidine rings is 1. The third kappa shape index (κ3) is 4.13. The Bertz CT molecular complexity index is 546. The van der Waals surface area contributed by atoms with E-state index >= 15 is 0 Å². The summed E-state index contributed by atoms with van der Waals surface area (Å²) in [5.41, 5.74) is 0.515. The minimum atomic E-state index is -0.539. The predicted octanol–water partition coefficient (Wildman–Crippen LogP) is 3.38. The Kier molecular flexibility index (Phi) is 5.85. The van der Waals surface area contributed by atoms with Crippen LogP contribution in [-0.2, 0) is 0 Å². The molecule has 0 bridgehead atoms. The SMILES string of the molecule is CC(NC1CCN(C2CCCCC2O)CC1)c1ccc(F)cc1F. The van der Waals surface area contributed by atoms with Gasteiger partial charge >= 0.3 is 0 Å². The minimum absolute atomic E-state index is 0.137. The lowest BCUT2D eigenvalue weighted by atomic mass is 9.89. The first-order valence-corrected chi connectivity index (χ1v) is 9.17. The average Bonchev–Trinajstić information content (AvgIpc) is 2.56. The van der Waals surface area contributed by atoms with E-state index < -0.39 is 11.6 Å². The number of benzene rings is 1. The van der Waals surface area contributed by atoms with Crippen LogP contribution in [0.5, 0.6) is 0 Å². The number of halogens is 2. The van der Waals surface area contributed by atoms with Gasteiger partial charge in [0.05, 0.1) is 6.10 Å². The Balaban J connectivity index is 1.51. The maximum Gasteiger partial charge on any atom is 0.130 e. The summed E-state index contributed by atoms with van der Waals surface area (Å²) in [4.78, 5) is 2.42. The molecule has 3 atom stereocenters. The molecule has 1 saturated carbocycles. The molecular weight excluding hydrogens is 310 g/mol. The molecule has 1 heterocycles. The molecule has 0 amide bonds.